The Morgan fingerprint density at radius 1 is 1.41 bits per heavy atom. The number of anilines is 1. The van der Waals surface area contributed by atoms with E-state index in [-0.39, 0.29) is 5.91 Å². The number of hydrogen-bond acceptors (Lipinski definition) is 2. The molecular weight excluding hydrogens is 282 g/mol. The lowest BCUT2D eigenvalue weighted by Gasteiger charge is -2.19. The van der Waals surface area contributed by atoms with Gasteiger partial charge in [-0.3, -0.25) is 4.79 Å². The van der Waals surface area contributed by atoms with Gasteiger partial charge in [0.15, 0.2) is 0 Å². The van der Waals surface area contributed by atoms with Crippen LogP contribution in [0.1, 0.15) is 26.3 Å². The van der Waals surface area contributed by atoms with Gasteiger partial charge in [-0.25, -0.2) is 0 Å². The van der Waals surface area contributed by atoms with Crippen LogP contribution in [0.2, 0.25) is 0 Å². The van der Waals surface area contributed by atoms with Crippen LogP contribution in [0.4, 0.5) is 5.69 Å². The molecule has 1 amide bonds. The summed E-state index contributed by atoms with van der Waals surface area (Å²) in [6.07, 6.45) is 0. The van der Waals surface area contributed by atoms with Gasteiger partial charge in [-0.05, 0) is 12.1 Å². The minimum atomic E-state index is -0.410. The van der Waals surface area contributed by atoms with E-state index in [0.717, 1.165) is 15.7 Å². The monoisotopic (exact) mass is 299 g/mol. The number of amides is 1. The number of ether oxygens (including phenoxy) is 1. The van der Waals surface area contributed by atoms with Crippen molar-refractivity contribution in [1.29, 1.82) is 0 Å². The summed E-state index contributed by atoms with van der Waals surface area (Å²) in [5.74, 6) is -0.00652. The quantitative estimate of drug-likeness (QED) is 0.926. The van der Waals surface area contributed by atoms with Crippen molar-refractivity contribution in [2.45, 2.75) is 27.4 Å². The Morgan fingerprint density at radius 3 is 2.59 bits per heavy atom. The first-order valence-corrected chi connectivity index (χ1v) is 6.23. The molecule has 1 aromatic rings. The van der Waals surface area contributed by atoms with Crippen molar-refractivity contribution in [2.75, 3.05) is 12.4 Å². The highest BCUT2D eigenvalue weighted by Gasteiger charge is 2.22. The molecule has 17 heavy (non-hydrogen) atoms. The molecule has 1 N–H and O–H groups in total. The van der Waals surface area contributed by atoms with E-state index < -0.39 is 5.41 Å². The first kappa shape index (κ1) is 14.2. The first-order valence-electron chi connectivity index (χ1n) is 5.44. The lowest BCUT2D eigenvalue weighted by atomic mass is 9.95. The van der Waals surface area contributed by atoms with E-state index in [2.05, 4.69) is 21.2 Å². The Bertz CT molecular complexity index is 410. The number of carbonyl (C=O) groups is 1. The van der Waals surface area contributed by atoms with Gasteiger partial charge in [0.2, 0.25) is 5.91 Å². The van der Waals surface area contributed by atoms with Crippen LogP contribution in [0.15, 0.2) is 22.7 Å². The fourth-order valence-electron chi connectivity index (χ4n) is 1.28. The predicted octanol–water partition coefficient (Wildman–Crippen LogP) is 3.58. The highest BCUT2D eigenvalue weighted by atomic mass is 79.9. The average molecular weight is 300 g/mol. The highest BCUT2D eigenvalue weighted by Crippen LogP contribution is 2.27. The van der Waals surface area contributed by atoms with Gasteiger partial charge in [0.25, 0.3) is 0 Å². The van der Waals surface area contributed by atoms with Crippen LogP contribution in [0.25, 0.3) is 0 Å². The summed E-state index contributed by atoms with van der Waals surface area (Å²) in [5, 5.41) is 2.93. The molecule has 0 atom stereocenters. The van der Waals surface area contributed by atoms with Crippen molar-refractivity contribution in [2.24, 2.45) is 5.41 Å². The molecule has 0 bridgehead atoms. The van der Waals surface area contributed by atoms with Crippen LogP contribution in [-0.2, 0) is 16.1 Å². The molecule has 94 valence electrons. The van der Waals surface area contributed by atoms with Crippen LogP contribution in [0.5, 0.6) is 0 Å². The van der Waals surface area contributed by atoms with Gasteiger partial charge in [-0.15, -0.1) is 0 Å². The number of benzene rings is 1. The zero-order valence-corrected chi connectivity index (χ0v) is 12.2. The summed E-state index contributed by atoms with van der Waals surface area (Å²) >= 11 is 3.46. The molecule has 0 radical (unpaired) electrons. The largest absolute Gasteiger partial charge is 0.380 e. The van der Waals surface area contributed by atoms with E-state index in [4.69, 9.17) is 4.74 Å². The van der Waals surface area contributed by atoms with Crippen LogP contribution in [-0.4, -0.2) is 13.0 Å². The number of nitrogens with one attached hydrogen (secondary N) is 1. The third-order valence-electron chi connectivity index (χ3n) is 2.34. The Balaban J connectivity index is 2.98. The van der Waals surface area contributed by atoms with Crippen molar-refractivity contribution in [1.82, 2.24) is 0 Å². The molecular formula is C13H18BrNO2. The molecule has 0 aliphatic rings. The summed E-state index contributed by atoms with van der Waals surface area (Å²) in [4.78, 5) is 11.9. The third-order valence-corrected chi connectivity index (χ3v) is 3.08. The number of halogens is 1. The van der Waals surface area contributed by atoms with Crippen LogP contribution in [0, 0.1) is 5.41 Å². The Hall–Kier alpha value is -0.870. The molecule has 0 aliphatic heterocycles. The van der Waals surface area contributed by atoms with E-state index >= 15 is 0 Å². The van der Waals surface area contributed by atoms with Gasteiger partial charge in [0.05, 0.1) is 6.61 Å². The van der Waals surface area contributed by atoms with Crippen LogP contribution < -0.4 is 5.32 Å². The molecule has 0 aromatic heterocycles. The zero-order valence-electron chi connectivity index (χ0n) is 10.6. The molecule has 0 unspecified atom stereocenters. The van der Waals surface area contributed by atoms with Crippen LogP contribution in [0.3, 0.4) is 0 Å². The van der Waals surface area contributed by atoms with Crippen molar-refractivity contribution >= 4 is 27.5 Å². The molecule has 0 spiro atoms. The molecule has 3 nitrogen and oxygen atoms in total. The van der Waals surface area contributed by atoms with Crippen molar-refractivity contribution in [3.63, 3.8) is 0 Å². The maximum absolute atomic E-state index is 11.9. The molecule has 0 heterocycles. The van der Waals surface area contributed by atoms with E-state index in [1.807, 2.05) is 39.0 Å². The number of methoxy groups -OCH3 is 1. The molecule has 0 saturated heterocycles. The summed E-state index contributed by atoms with van der Waals surface area (Å²) < 4.78 is 6.07. The Morgan fingerprint density at radius 2 is 2.06 bits per heavy atom. The fourth-order valence-corrected chi connectivity index (χ4v) is 1.76. The SMILES string of the molecule is COCc1c(Br)cccc1NC(=O)C(C)(C)C. The van der Waals surface area contributed by atoms with E-state index in [9.17, 15) is 4.79 Å². The standard InChI is InChI=1S/C13H18BrNO2/c1-13(2,3)12(16)15-11-7-5-6-10(14)9(11)8-17-4/h5-7H,8H2,1-4H3,(H,15,16). The molecule has 1 aromatic carbocycles. The number of hydrogen-bond donors (Lipinski definition) is 1. The molecule has 0 saturated carbocycles. The Kier molecular flexibility index (Phi) is 4.71. The molecule has 4 heteroatoms. The van der Waals surface area contributed by atoms with Gasteiger partial charge in [0.1, 0.15) is 0 Å². The number of rotatable bonds is 3. The zero-order chi connectivity index (χ0) is 13.1. The molecule has 0 aliphatic carbocycles. The molecule has 1 rings (SSSR count). The average Bonchev–Trinajstić information content (AvgIpc) is 2.21. The topological polar surface area (TPSA) is 38.3 Å². The minimum absolute atomic E-state index is 0.00652. The first-order chi connectivity index (χ1) is 7.86. The second-order valence-corrected chi connectivity index (χ2v) is 5.76. The summed E-state index contributed by atoms with van der Waals surface area (Å²) in [6, 6.07) is 5.70. The second-order valence-electron chi connectivity index (χ2n) is 4.90. The molecule has 0 fully saturated rings. The van der Waals surface area contributed by atoms with Crippen LogP contribution >= 0.6 is 15.9 Å². The Labute approximate surface area is 111 Å². The maximum Gasteiger partial charge on any atom is 0.229 e. The van der Waals surface area contributed by atoms with Gasteiger partial charge < -0.3 is 10.1 Å². The number of carbonyl (C=O) groups excluding carboxylic acids is 1. The summed E-state index contributed by atoms with van der Waals surface area (Å²) in [7, 11) is 1.63. The van der Waals surface area contributed by atoms with Gasteiger partial charge in [-0.2, -0.15) is 0 Å². The van der Waals surface area contributed by atoms with Gasteiger partial charge in [-0.1, -0.05) is 42.8 Å². The smallest absolute Gasteiger partial charge is 0.229 e. The van der Waals surface area contributed by atoms with Crippen molar-refractivity contribution < 1.29 is 9.53 Å². The van der Waals surface area contributed by atoms with E-state index in [0.29, 0.717) is 6.61 Å². The lowest BCUT2D eigenvalue weighted by Crippen LogP contribution is -2.28. The lowest BCUT2D eigenvalue weighted by molar-refractivity contribution is -0.123. The minimum Gasteiger partial charge on any atom is -0.380 e. The van der Waals surface area contributed by atoms with Crippen molar-refractivity contribution in [3.05, 3.63) is 28.2 Å². The van der Waals surface area contributed by atoms with E-state index in [1.54, 1.807) is 7.11 Å². The third kappa shape index (κ3) is 3.82. The maximum atomic E-state index is 11.9. The predicted molar refractivity (Wildman–Crippen MR) is 72.9 cm³/mol. The van der Waals surface area contributed by atoms with Gasteiger partial charge in [0, 0.05) is 28.2 Å². The van der Waals surface area contributed by atoms with Crippen molar-refractivity contribution in [3.8, 4) is 0 Å². The highest BCUT2D eigenvalue weighted by molar-refractivity contribution is 9.10. The second kappa shape index (κ2) is 5.65. The fraction of sp³-hybridized carbons (Fsp3) is 0.462. The van der Waals surface area contributed by atoms with E-state index in [1.165, 1.54) is 0 Å². The summed E-state index contributed by atoms with van der Waals surface area (Å²) in [5.41, 5.74) is 1.33. The summed E-state index contributed by atoms with van der Waals surface area (Å²) in [6.45, 7) is 6.12. The van der Waals surface area contributed by atoms with Gasteiger partial charge >= 0.3 is 0 Å². The normalized spacial score (nSPS) is 11.4.